The van der Waals surface area contributed by atoms with Crippen LogP contribution in [0.5, 0.6) is 0 Å². The van der Waals surface area contributed by atoms with Gasteiger partial charge < -0.3 is 5.32 Å². The predicted molar refractivity (Wildman–Crippen MR) is 108 cm³/mol. The van der Waals surface area contributed by atoms with E-state index in [1.165, 1.54) is 11.3 Å². The molecule has 0 unspecified atom stereocenters. The van der Waals surface area contributed by atoms with Crippen molar-refractivity contribution in [1.82, 2.24) is 9.55 Å². The molecule has 0 saturated carbocycles. The van der Waals surface area contributed by atoms with Crippen LogP contribution in [0.4, 0.5) is 5.69 Å². The van der Waals surface area contributed by atoms with E-state index >= 15 is 0 Å². The van der Waals surface area contributed by atoms with E-state index in [4.69, 9.17) is 6.42 Å². The molecule has 4 nitrogen and oxygen atoms in total. The molecule has 0 spiro atoms. The SMILES string of the molecule is C#CCNc1ccnc2sc3c(=O)n(-c4ccc(Br)cc4)ccc3c12. The third-order valence-corrected chi connectivity index (χ3v) is 5.55. The number of terminal acetylenes is 1. The molecule has 0 aliphatic rings. The number of anilines is 1. The maximum absolute atomic E-state index is 13.0. The highest BCUT2D eigenvalue weighted by atomic mass is 79.9. The van der Waals surface area contributed by atoms with Crippen molar-refractivity contribution in [3.8, 4) is 18.0 Å². The van der Waals surface area contributed by atoms with Crippen molar-refractivity contribution in [2.75, 3.05) is 11.9 Å². The summed E-state index contributed by atoms with van der Waals surface area (Å²) in [5.74, 6) is 2.57. The lowest BCUT2D eigenvalue weighted by Gasteiger charge is -2.07. The average Bonchev–Trinajstić information content (AvgIpc) is 3.01. The molecule has 0 aliphatic heterocycles. The standard InChI is InChI=1S/C19H12BrN3OS/c1-2-9-21-15-7-10-22-18-16(15)14-8-11-23(19(24)17(14)25-18)13-5-3-12(20)4-6-13/h1,3-8,10-11H,9H2,(H,21,22). The van der Waals surface area contributed by atoms with Crippen LogP contribution in [0.1, 0.15) is 0 Å². The Labute approximate surface area is 156 Å². The summed E-state index contributed by atoms with van der Waals surface area (Å²) in [6.45, 7) is 0.423. The molecule has 6 heteroatoms. The quantitative estimate of drug-likeness (QED) is 0.509. The van der Waals surface area contributed by atoms with Gasteiger partial charge in [-0.3, -0.25) is 9.36 Å². The number of rotatable bonds is 3. The Morgan fingerprint density at radius 2 is 2.04 bits per heavy atom. The molecule has 0 aliphatic carbocycles. The Hall–Kier alpha value is -2.62. The molecular formula is C19H12BrN3OS. The highest BCUT2D eigenvalue weighted by Gasteiger charge is 2.14. The van der Waals surface area contributed by atoms with Crippen molar-refractivity contribution < 1.29 is 0 Å². The number of pyridine rings is 2. The van der Waals surface area contributed by atoms with Crippen LogP contribution in [0.25, 0.3) is 26.0 Å². The van der Waals surface area contributed by atoms with E-state index in [-0.39, 0.29) is 5.56 Å². The zero-order valence-electron chi connectivity index (χ0n) is 13.0. The second-order valence-corrected chi connectivity index (χ2v) is 7.32. The Bertz CT molecular complexity index is 1190. The molecule has 3 aromatic heterocycles. The van der Waals surface area contributed by atoms with Crippen molar-refractivity contribution in [2.45, 2.75) is 0 Å². The number of nitrogens with zero attached hydrogens (tertiary/aromatic N) is 2. The minimum atomic E-state index is -0.0503. The number of halogens is 1. The highest BCUT2D eigenvalue weighted by Crippen LogP contribution is 2.35. The van der Waals surface area contributed by atoms with E-state index in [0.29, 0.717) is 11.2 Å². The van der Waals surface area contributed by atoms with Crippen molar-refractivity contribution in [3.63, 3.8) is 0 Å². The molecule has 1 aromatic carbocycles. The Kier molecular flexibility index (Phi) is 4.04. The van der Waals surface area contributed by atoms with Gasteiger partial charge in [-0.05, 0) is 36.4 Å². The first-order valence-electron chi connectivity index (χ1n) is 7.55. The van der Waals surface area contributed by atoms with Crippen LogP contribution in [-0.2, 0) is 0 Å². The van der Waals surface area contributed by atoms with Crippen LogP contribution in [0.2, 0.25) is 0 Å². The summed E-state index contributed by atoms with van der Waals surface area (Å²) in [6.07, 6.45) is 8.87. The van der Waals surface area contributed by atoms with Gasteiger partial charge in [0.1, 0.15) is 9.53 Å². The van der Waals surface area contributed by atoms with E-state index in [9.17, 15) is 4.79 Å². The normalized spacial score (nSPS) is 10.9. The van der Waals surface area contributed by atoms with Crippen LogP contribution in [-0.4, -0.2) is 16.1 Å². The first-order chi connectivity index (χ1) is 12.2. The van der Waals surface area contributed by atoms with E-state index in [1.54, 1.807) is 17.0 Å². The molecule has 122 valence electrons. The molecule has 4 aromatic rings. The third-order valence-electron chi connectivity index (χ3n) is 3.92. The van der Waals surface area contributed by atoms with Gasteiger partial charge in [0, 0.05) is 39.0 Å². The fourth-order valence-electron chi connectivity index (χ4n) is 2.79. The molecule has 1 N–H and O–H groups in total. The van der Waals surface area contributed by atoms with Gasteiger partial charge in [0.2, 0.25) is 0 Å². The van der Waals surface area contributed by atoms with Crippen molar-refractivity contribution in [2.24, 2.45) is 0 Å². The van der Waals surface area contributed by atoms with E-state index in [1.807, 2.05) is 36.4 Å². The molecule has 4 rings (SSSR count). The minimum absolute atomic E-state index is 0.0503. The third kappa shape index (κ3) is 2.72. The van der Waals surface area contributed by atoms with Gasteiger partial charge in [0.05, 0.1) is 6.54 Å². The van der Waals surface area contributed by atoms with Gasteiger partial charge >= 0.3 is 0 Å². The number of nitrogens with one attached hydrogen (secondary N) is 1. The Morgan fingerprint density at radius 3 is 2.80 bits per heavy atom. The second kappa shape index (κ2) is 6.36. The van der Waals surface area contributed by atoms with Gasteiger partial charge in [0.25, 0.3) is 5.56 Å². The number of hydrogen-bond donors (Lipinski definition) is 1. The molecule has 0 amide bonds. The largest absolute Gasteiger partial charge is 0.374 e. The summed E-state index contributed by atoms with van der Waals surface area (Å²) >= 11 is 4.82. The molecule has 3 heterocycles. The lowest BCUT2D eigenvalue weighted by molar-refractivity contribution is 1.01. The van der Waals surface area contributed by atoms with Crippen LogP contribution in [0.3, 0.4) is 0 Å². The number of fused-ring (bicyclic) bond motifs is 3. The lowest BCUT2D eigenvalue weighted by atomic mass is 10.2. The topological polar surface area (TPSA) is 46.9 Å². The molecule has 0 radical (unpaired) electrons. The summed E-state index contributed by atoms with van der Waals surface area (Å²) in [7, 11) is 0. The second-order valence-electron chi connectivity index (χ2n) is 5.41. The Morgan fingerprint density at radius 1 is 1.24 bits per heavy atom. The summed E-state index contributed by atoms with van der Waals surface area (Å²) in [4.78, 5) is 18.2. The van der Waals surface area contributed by atoms with E-state index in [0.717, 1.165) is 31.5 Å². The predicted octanol–water partition coefficient (Wildman–Crippen LogP) is 4.41. The van der Waals surface area contributed by atoms with Gasteiger partial charge in [-0.1, -0.05) is 21.9 Å². The van der Waals surface area contributed by atoms with Gasteiger partial charge in [0.15, 0.2) is 0 Å². The Balaban J connectivity index is 1.96. The van der Waals surface area contributed by atoms with E-state index in [2.05, 4.69) is 32.2 Å². The summed E-state index contributed by atoms with van der Waals surface area (Å²) < 4.78 is 3.31. The van der Waals surface area contributed by atoms with E-state index < -0.39 is 0 Å². The number of hydrogen-bond acceptors (Lipinski definition) is 4. The van der Waals surface area contributed by atoms with Crippen LogP contribution < -0.4 is 10.9 Å². The maximum Gasteiger partial charge on any atom is 0.273 e. The van der Waals surface area contributed by atoms with Gasteiger partial charge in [-0.25, -0.2) is 4.98 Å². The molecule has 0 saturated heterocycles. The molecule has 25 heavy (non-hydrogen) atoms. The van der Waals surface area contributed by atoms with Crippen LogP contribution in [0.15, 0.2) is 58.1 Å². The number of thiophene rings is 1. The minimum Gasteiger partial charge on any atom is -0.374 e. The first kappa shape index (κ1) is 15.9. The molecule has 0 fully saturated rings. The molecule has 0 bridgehead atoms. The van der Waals surface area contributed by atoms with Crippen molar-refractivity contribution >= 4 is 53.3 Å². The average molecular weight is 410 g/mol. The van der Waals surface area contributed by atoms with Crippen LogP contribution >= 0.6 is 27.3 Å². The number of benzene rings is 1. The van der Waals surface area contributed by atoms with Gasteiger partial charge in [-0.15, -0.1) is 17.8 Å². The summed E-state index contributed by atoms with van der Waals surface area (Å²) in [5.41, 5.74) is 1.67. The number of aromatic nitrogens is 2. The van der Waals surface area contributed by atoms with Crippen molar-refractivity contribution in [3.05, 3.63) is 63.6 Å². The fourth-order valence-corrected chi connectivity index (χ4v) is 4.15. The smallest absolute Gasteiger partial charge is 0.273 e. The summed E-state index contributed by atoms with van der Waals surface area (Å²) in [5, 5.41) is 5.04. The fraction of sp³-hybridized carbons (Fsp3) is 0.0526. The zero-order chi connectivity index (χ0) is 17.4. The van der Waals surface area contributed by atoms with Crippen LogP contribution in [0, 0.1) is 12.3 Å². The monoisotopic (exact) mass is 409 g/mol. The first-order valence-corrected chi connectivity index (χ1v) is 9.16. The maximum atomic E-state index is 13.0. The zero-order valence-corrected chi connectivity index (χ0v) is 15.4. The lowest BCUT2D eigenvalue weighted by Crippen LogP contribution is -2.16. The van der Waals surface area contributed by atoms with Crippen molar-refractivity contribution in [1.29, 1.82) is 0 Å². The van der Waals surface area contributed by atoms with Gasteiger partial charge in [-0.2, -0.15) is 0 Å². The molecule has 0 atom stereocenters. The molecular weight excluding hydrogens is 398 g/mol. The summed E-state index contributed by atoms with van der Waals surface area (Å²) in [6, 6.07) is 11.5. The highest BCUT2D eigenvalue weighted by molar-refractivity contribution is 9.10.